The van der Waals surface area contributed by atoms with Gasteiger partial charge in [0.25, 0.3) is 0 Å². The lowest BCUT2D eigenvalue weighted by Crippen LogP contribution is -2.49. The zero-order valence-corrected chi connectivity index (χ0v) is 8.90. The Hall–Kier alpha value is -0.870. The highest BCUT2D eigenvalue weighted by atomic mass is 15.3. The highest BCUT2D eigenvalue weighted by Crippen LogP contribution is 2.08. The molecule has 0 saturated carbocycles. The van der Waals surface area contributed by atoms with Crippen molar-refractivity contribution in [2.75, 3.05) is 19.6 Å². The predicted octanol–water partition coefficient (Wildman–Crippen LogP) is 0.214. The van der Waals surface area contributed by atoms with Gasteiger partial charge in [-0.05, 0) is 13.0 Å². The highest BCUT2D eigenvalue weighted by Gasteiger charge is 2.18. The van der Waals surface area contributed by atoms with Crippen LogP contribution in [-0.2, 0) is 13.6 Å². The Balaban J connectivity index is 1.99. The van der Waals surface area contributed by atoms with Crippen molar-refractivity contribution < 1.29 is 0 Å². The Morgan fingerprint density at radius 2 is 2.50 bits per heavy atom. The first-order chi connectivity index (χ1) is 6.77. The van der Waals surface area contributed by atoms with Gasteiger partial charge >= 0.3 is 0 Å². The van der Waals surface area contributed by atoms with Crippen molar-refractivity contribution in [1.29, 1.82) is 0 Å². The van der Waals surface area contributed by atoms with Gasteiger partial charge in [0.15, 0.2) is 0 Å². The number of rotatable bonds is 2. The van der Waals surface area contributed by atoms with Crippen LogP contribution in [0.15, 0.2) is 12.3 Å². The van der Waals surface area contributed by atoms with E-state index >= 15 is 0 Å². The van der Waals surface area contributed by atoms with E-state index in [0.717, 1.165) is 26.2 Å². The van der Waals surface area contributed by atoms with Crippen LogP contribution in [-0.4, -0.2) is 40.4 Å². The Labute approximate surface area is 84.9 Å². The van der Waals surface area contributed by atoms with Gasteiger partial charge in [-0.3, -0.25) is 9.58 Å². The molecule has 1 saturated heterocycles. The normalized spacial score (nSPS) is 24.0. The van der Waals surface area contributed by atoms with Gasteiger partial charge in [0.1, 0.15) is 0 Å². The van der Waals surface area contributed by atoms with E-state index in [1.807, 2.05) is 17.9 Å². The fourth-order valence-electron chi connectivity index (χ4n) is 1.88. The molecule has 0 bridgehead atoms. The standard InChI is InChI=1S/C10H18N4/c1-9-7-11-5-6-14(9)8-10-3-4-12-13(10)2/h3-4,9,11H,5-8H2,1-2H3/t9-/m0/s1. The monoisotopic (exact) mass is 194 g/mol. The summed E-state index contributed by atoms with van der Waals surface area (Å²) < 4.78 is 1.95. The van der Waals surface area contributed by atoms with Crippen LogP contribution in [0.3, 0.4) is 0 Å². The van der Waals surface area contributed by atoms with Crippen molar-refractivity contribution in [2.24, 2.45) is 7.05 Å². The molecule has 1 aromatic heterocycles. The van der Waals surface area contributed by atoms with E-state index in [9.17, 15) is 0 Å². The maximum atomic E-state index is 4.18. The first-order valence-electron chi connectivity index (χ1n) is 5.19. The van der Waals surface area contributed by atoms with E-state index in [2.05, 4.69) is 28.3 Å². The minimum atomic E-state index is 0.624. The third-order valence-corrected chi connectivity index (χ3v) is 2.93. The summed E-state index contributed by atoms with van der Waals surface area (Å²) in [4.78, 5) is 2.49. The Kier molecular flexibility index (Phi) is 2.84. The van der Waals surface area contributed by atoms with Crippen molar-refractivity contribution in [3.05, 3.63) is 18.0 Å². The first-order valence-corrected chi connectivity index (χ1v) is 5.19. The van der Waals surface area contributed by atoms with Crippen LogP contribution in [0.5, 0.6) is 0 Å². The van der Waals surface area contributed by atoms with Gasteiger partial charge in [-0.15, -0.1) is 0 Å². The Morgan fingerprint density at radius 1 is 1.64 bits per heavy atom. The van der Waals surface area contributed by atoms with E-state index < -0.39 is 0 Å². The number of aromatic nitrogens is 2. The minimum Gasteiger partial charge on any atom is -0.314 e. The second-order valence-corrected chi connectivity index (χ2v) is 3.97. The van der Waals surface area contributed by atoms with Crippen LogP contribution in [0.2, 0.25) is 0 Å². The molecule has 0 aromatic carbocycles. The SMILES string of the molecule is C[C@H]1CNCCN1Cc1ccnn1C. The maximum Gasteiger partial charge on any atom is 0.0521 e. The number of piperazine rings is 1. The lowest BCUT2D eigenvalue weighted by molar-refractivity contribution is 0.162. The molecule has 4 heteroatoms. The second kappa shape index (κ2) is 4.11. The highest BCUT2D eigenvalue weighted by molar-refractivity contribution is 5.00. The van der Waals surface area contributed by atoms with Gasteiger partial charge in [0.05, 0.1) is 5.69 Å². The van der Waals surface area contributed by atoms with Crippen molar-refractivity contribution in [3.8, 4) is 0 Å². The molecule has 78 valence electrons. The molecule has 2 rings (SSSR count). The average Bonchev–Trinajstić information content (AvgIpc) is 2.56. The summed E-state index contributed by atoms with van der Waals surface area (Å²) in [6.07, 6.45) is 1.86. The fourth-order valence-corrected chi connectivity index (χ4v) is 1.88. The molecule has 1 N–H and O–H groups in total. The second-order valence-electron chi connectivity index (χ2n) is 3.97. The maximum absolute atomic E-state index is 4.18. The van der Waals surface area contributed by atoms with Gasteiger partial charge in [0.2, 0.25) is 0 Å². The molecule has 0 amide bonds. The predicted molar refractivity (Wildman–Crippen MR) is 55.9 cm³/mol. The lowest BCUT2D eigenvalue weighted by Gasteiger charge is -2.33. The summed E-state index contributed by atoms with van der Waals surface area (Å²) in [5, 5.41) is 7.58. The smallest absolute Gasteiger partial charge is 0.0521 e. The number of nitrogens with zero attached hydrogens (tertiary/aromatic N) is 3. The van der Waals surface area contributed by atoms with E-state index in [-0.39, 0.29) is 0 Å². The largest absolute Gasteiger partial charge is 0.314 e. The van der Waals surface area contributed by atoms with Crippen LogP contribution in [0.1, 0.15) is 12.6 Å². The molecular formula is C10H18N4. The minimum absolute atomic E-state index is 0.624. The zero-order valence-electron chi connectivity index (χ0n) is 8.90. The van der Waals surface area contributed by atoms with E-state index in [0.29, 0.717) is 6.04 Å². The fraction of sp³-hybridized carbons (Fsp3) is 0.700. The number of hydrogen-bond acceptors (Lipinski definition) is 3. The number of nitrogens with one attached hydrogen (secondary N) is 1. The molecule has 1 aliphatic heterocycles. The molecule has 0 unspecified atom stereocenters. The summed E-state index contributed by atoms with van der Waals surface area (Å²) in [5.74, 6) is 0. The summed E-state index contributed by atoms with van der Waals surface area (Å²) in [6.45, 7) is 6.61. The van der Waals surface area contributed by atoms with Gasteiger partial charge in [-0.2, -0.15) is 5.10 Å². The molecule has 1 aliphatic rings. The zero-order chi connectivity index (χ0) is 9.97. The number of hydrogen-bond donors (Lipinski definition) is 1. The van der Waals surface area contributed by atoms with Gasteiger partial charge in [0, 0.05) is 45.5 Å². The molecule has 4 nitrogen and oxygen atoms in total. The van der Waals surface area contributed by atoms with Crippen LogP contribution in [0.25, 0.3) is 0 Å². The van der Waals surface area contributed by atoms with Gasteiger partial charge < -0.3 is 5.32 Å². The summed E-state index contributed by atoms with van der Waals surface area (Å²) in [7, 11) is 2.00. The number of aryl methyl sites for hydroxylation is 1. The quantitative estimate of drug-likeness (QED) is 0.731. The molecule has 1 atom stereocenters. The molecule has 0 aliphatic carbocycles. The van der Waals surface area contributed by atoms with Crippen molar-refractivity contribution >= 4 is 0 Å². The average molecular weight is 194 g/mol. The van der Waals surface area contributed by atoms with Crippen LogP contribution in [0.4, 0.5) is 0 Å². The van der Waals surface area contributed by atoms with Crippen LogP contribution < -0.4 is 5.32 Å². The van der Waals surface area contributed by atoms with E-state index in [1.54, 1.807) is 0 Å². The lowest BCUT2D eigenvalue weighted by atomic mass is 10.2. The third kappa shape index (κ3) is 1.96. The van der Waals surface area contributed by atoms with Crippen molar-refractivity contribution in [3.63, 3.8) is 0 Å². The summed E-state index contributed by atoms with van der Waals surface area (Å²) in [5.41, 5.74) is 1.29. The Morgan fingerprint density at radius 3 is 3.14 bits per heavy atom. The van der Waals surface area contributed by atoms with Crippen molar-refractivity contribution in [1.82, 2.24) is 20.0 Å². The summed E-state index contributed by atoms with van der Waals surface area (Å²) >= 11 is 0. The van der Waals surface area contributed by atoms with E-state index in [4.69, 9.17) is 0 Å². The molecule has 1 aromatic rings. The van der Waals surface area contributed by atoms with Gasteiger partial charge in [-0.25, -0.2) is 0 Å². The first kappa shape index (κ1) is 9.68. The van der Waals surface area contributed by atoms with Crippen molar-refractivity contribution in [2.45, 2.75) is 19.5 Å². The van der Waals surface area contributed by atoms with E-state index in [1.165, 1.54) is 5.69 Å². The molecule has 1 fully saturated rings. The molecule has 0 radical (unpaired) electrons. The molecule has 2 heterocycles. The molecule has 0 spiro atoms. The molecular weight excluding hydrogens is 176 g/mol. The van der Waals surface area contributed by atoms with Crippen LogP contribution in [0, 0.1) is 0 Å². The van der Waals surface area contributed by atoms with Gasteiger partial charge in [-0.1, -0.05) is 0 Å². The topological polar surface area (TPSA) is 33.1 Å². The third-order valence-electron chi connectivity index (χ3n) is 2.93. The molecule has 14 heavy (non-hydrogen) atoms. The Bertz CT molecular complexity index is 294. The summed E-state index contributed by atoms with van der Waals surface area (Å²) in [6, 6.07) is 2.72. The van der Waals surface area contributed by atoms with Crippen LogP contribution >= 0.6 is 0 Å².